The first-order chi connectivity index (χ1) is 19.5. The molecule has 0 amide bonds. The molecule has 1 heterocycles. The van der Waals surface area contributed by atoms with E-state index in [1.165, 1.54) is 76.5 Å². The van der Waals surface area contributed by atoms with Gasteiger partial charge in [0.1, 0.15) is 5.82 Å². The molecule has 3 nitrogen and oxygen atoms in total. The number of benzene rings is 1. The second-order valence-corrected chi connectivity index (χ2v) is 13.1. The van der Waals surface area contributed by atoms with Gasteiger partial charge in [-0.3, -0.25) is 4.98 Å². The molecule has 0 atom stereocenters. The molecular weight excluding hydrogens is 526 g/mol. The average molecular weight is 578 g/mol. The van der Waals surface area contributed by atoms with Crippen molar-refractivity contribution in [3.8, 4) is 0 Å². The summed E-state index contributed by atoms with van der Waals surface area (Å²) in [6.45, 7) is 10.6. The molecule has 41 heavy (non-hydrogen) atoms. The van der Waals surface area contributed by atoms with E-state index in [1.807, 2.05) is 0 Å². The van der Waals surface area contributed by atoms with Crippen molar-refractivity contribution in [2.75, 3.05) is 0 Å². The molecule has 4 rings (SSSR count). The van der Waals surface area contributed by atoms with E-state index in [-0.39, 0.29) is 5.82 Å². The van der Waals surface area contributed by atoms with E-state index in [9.17, 15) is 17.6 Å². The summed E-state index contributed by atoms with van der Waals surface area (Å²) >= 11 is 0. The van der Waals surface area contributed by atoms with Crippen molar-refractivity contribution in [2.45, 2.75) is 123 Å². The highest BCUT2D eigenvalue weighted by molar-refractivity contribution is 5.24. The van der Waals surface area contributed by atoms with Gasteiger partial charge in [-0.2, -0.15) is 13.2 Å². The van der Waals surface area contributed by atoms with Crippen molar-refractivity contribution in [3.63, 3.8) is 0 Å². The van der Waals surface area contributed by atoms with Crippen LogP contribution in [0.1, 0.15) is 109 Å². The Balaban J connectivity index is 0.000000228. The van der Waals surface area contributed by atoms with Gasteiger partial charge in [-0.05, 0) is 118 Å². The molecule has 2 aliphatic rings. The lowest BCUT2D eigenvalue weighted by Gasteiger charge is -2.30. The molecule has 1 aromatic carbocycles. The Morgan fingerprint density at radius 1 is 0.707 bits per heavy atom. The molecule has 0 aliphatic heterocycles. The highest BCUT2D eigenvalue weighted by atomic mass is 19.4. The molecule has 2 saturated carbocycles. The Labute approximate surface area is 245 Å². The van der Waals surface area contributed by atoms with Crippen molar-refractivity contribution < 1.29 is 17.6 Å². The monoisotopic (exact) mass is 577 g/mol. The summed E-state index contributed by atoms with van der Waals surface area (Å²) in [5, 5.41) is 7.03. The van der Waals surface area contributed by atoms with Gasteiger partial charge in [0.25, 0.3) is 0 Å². The van der Waals surface area contributed by atoms with Crippen LogP contribution >= 0.6 is 0 Å². The van der Waals surface area contributed by atoms with Gasteiger partial charge in [0.15, 0.2) is 0 Å². The first-order valence-corrected chi connectivity index (χ1v) is 15.7. The number of rotatable bonds is 10. The lowest BCUT2D eigenvalue weighted by Crippen LogP contribution is -2.33. The smallest absolute Gasteiger partial charge is 0.310 e. The summed E-state index contributed by atoms with van der Waals surface area (Å²) in [7, 11) is 0. The molecule has 230 valence electrons. The van der Waals surface area contributed by atoms with Gasteiger partial charge in [-0.25, -0.2) is 4.39 Å². The van der Waals surface area contributed by atoms with Crippen LogP contribution < -0.4 is 10.6 Å². The minimum absolute atomic E-state index is 0.266. The number of hydrogen-bond donors (Lipinski definition) is 2. The second kappa shape index (κ2) is 16.6. The number of nitrogens with one attached hydrogen (secondary N) is 2. The summed E-state index contributed by atoms with van der Waals surface area (Å²) in [5.74, 6) is 3.09. The minimum atomic E-state index is -4.25. The van der Waals surface area contributed by atoms with Gasteiger partial charge >= 0.3 is 6.18 Å². The average Bonchev–Trinajstić information content (AvgIpc) is 2.93. The van der Waals surface area contributed by atoms with Crippen LogP contribution in [0.2, 0.25) is 0 Å². The van der Waals surface area contributed by atoms with E-state index in [4.69, 9.17) is 0 Å². The summed E-state index contributed by atoms with van der Waals surface area (Å²) in [6, 6.07) is 9.81. The Bertz CT molecular complexity index is 973. The number of nitrogens with zero attached hydrogens (tertiary/aromatic N) is 1. The summed E-state index contributed by atoms with van der Waals surface area (Å²) in [5.41, 5.74) is 1.26. The van der Waals surface area contributed by atoms with Crippen LogP contribution in [0.15, 0.2) is 42.6 Å². The van der Waals surface area contributed by atoms with Gasteiger partial charge < -0.3 is 10.6 Å². The van der Waals surface area contributed by atoms with E-state index in [2.05, 4.69) is 43.3 Å². The highest BCUT2D eigenvalue weighted by Gasteiger charge is 2.30. The largest absolute Gasteiger partial charge is 0.416 e. The SMILES string of the molecule is CC(C)CC1CCC(NCc2ccc(C(F)(F)F)cc2)CC1.CC(C)CC1CCC(NCc2ccc(F)cn2)CC1. The topological polar surface area (TPSA) is 37.0 Å². The van der Waals surface area contributed by atoms with Crippen LogP contribution in [0, 0.1) is 29.5 Å². The number of aromatic nitrogens is 1. The lowest BCUT2D eigenvalue weighted by molar-refractivity contribution is -0.137. The summed E-state index contributed by atoms with van der Waals surface area (Å²) in [6.07, 6.45) is 9.81. The fourth-order valence-electron chi connectivity index (χ4n) is 6.37. The highest BCUT2D eigenvalue weighted by Crippen LogP contribution is 2.31. The van der Waals surface area contributed by atoms with Crippen LogP contribution in [-0.2, 0) is 19.3 Å². The predicted molar refractivity (Wildman–Crippen MR) is 160 cm³/mol. The molecular formula is C34H51F4N3. The van der Waals surface area contributed by atoms with Gasteiger partial charge in [-0.1, -0.05) is 39.8 Å². The summed E-state index contributed by atoms with van der Waals surface area (Å²) in [4.78, 5) is 4.08. The Hall–Kier alpha value is -1.99. The fourth-order valence-corrected chi connectivity index (χ4v) is 6.37. The van der Waals surface area contributed by atoms with Crippen molar-refractivity contribution in [3.05, 3.63) is 65.2 Å². The molecule has 0 radical (unpaired) electrons. The molecule has 2 aromatic rings. The maximum Gasteiger partial charge on any atom is 0.416 e. The van der Waals surface area contributed by atoms with E-state index >= 15 is 0 Å². The van der Waals surface area contributed by atoms with E-state index < -0.39 is 11.7 Å². The molecule has 7 heteroatoms. The predicted octanol–water partition coefficient (Wildman–Crippen LogP) is 9.32. The van der Waals surface area contributed by atoms with Crippen molar-refractivity contribution in [1.29, 1.82) is 0 Å². The molecule has 0 spiro atoms. The van der Waals surface area contributed by atoms with Gasteiger partial charge in [0.05, 0.1) is 17.5 Å². The Kier molecular flexibility index (Phi) is 13.6. The molecule has 1 aromatic heterocycles. The molecule has 2 aliphatic carbocycles. The third kappa shape index (κ3) is 12.8. The Morgan fingerprint density at radius 2 is 1.20 bits per heavy atom. The zero-order valence-corrected chi connectivity index (χ0v) is 25.4. The normalized spacial score (nSPS) is 23.4. The van der Waals surface area contributed by atoms with Crippen molar-refractivity contribution in [1.82, 2.24) is 15.6 Å². The van der Waals surface area contributed by atoms with Crippen molar-refractivity contribution >= 4 is 0 Å². The van der Waals surface area contributed by atoms with Crippen LogP contribution in [0.25, 0.3) is 0 Å². The van der Waals surface area contributed by atoms with Gasteiger partial charge in [-0.15, -0.1) is 0 Å². The second-order valence-electron chi connectivity index (χ2n) is 13.1. The third-order valence-electron chi connectivity index (χ3n) is 8.54. The quantitative estimate of drug-likeness (QED) is 0.276. The minimum Gasteiger partial charge on any atom is -0.310 e. The number of alkyl halides is 3. The fraction of sp³-hybridized carbons (Fsp3) is 0.676. The van der Waals surface area contributed by atoms with Crippen LogP contribution in [0.4, 0.5) is 17.6 Å². The number of pyridine rings is 1. The van der Waals surface area contributed by atoms with Crippen LogP contribution in [0.3, 0.4) is 0 Å². The molecule has 0 unspecified atom stereocenters. The van der Waals surface area contributed by atoms with Crippen molar-refractivity contribution in [2.24, 2.45) is 23.7 Å². The number of hydrogen-bond acceptors (Lipinski definition) is 3. The van der Waals surface area contributed by atoms with E-state index in [1.54, 1.807) is 18.2 Å². The zero-order chi connectivity index (χ0) is 29.8. The number of halogens is 4. The zero-order valence-electron chi connectivity index (χ0n) is 25.4. The lowest BCUT2D eigenvalue weighted by atomic mass is 9.81. The first-order valence-electron chi connectivity index (χ1n) is 15.7. The maximum absolute atomic E-state index is 12.7. The molecule has 0 bridgehead atoms. The van der Waals surface area contributed by atoms with E-state index in [0.717, 1.165) is 53.6 Å². The van der Waals surface area contributed by atoms with Gasteiger partial charge in [0.2, 0.25) is 0 Å². The maximum atomic E-state index is 12.7. The Morgan fingerprint density at radius 3 is 1.61 bits per heavy atom. The molecule has 0 saturated heterocycles. The molecule has 2 N–H and O–H groups in total. The molecule has 2 fully saturated rings. The standard InChI is InChI=1S/C18H26F3N.C16H25FN2/c1-13(2)11-14-5-9-17(10-6-14)22-12-15-3-7-16(8-4-15)18(19,20)21;1-12(2)9-13-3-6-15(7-4-13)19-11-16-8-5-14(17)10-18-16/h3-4,7-8,13-14,17,22H,5-6,9-12H2,1-2H3;5,8,10,12-13,15,19H,3-4,6-7,9,11H2,1-2H3. The van der Waals surface area contributed by atoms with Gasteiger partial charge in [0, 0.05) is 25.2 Å². The third-order valence-corrected chi connectivity index (χ3v) is 8.54. The summed E-state index contributed by atoms with van der Waals surface area (Å²) < 4.78 is 50.3. The van der Waals surface area contributed by atoms with E-state index in [0.29, 0.717) is 18.6 Å². The van der Waals surface area contributed by atoms with Crippen LogP contribution in [0.5, 0.6) is 0 Å². The van der Waals surface area contributed by atoms with Crippen LogP contribution in [-0.4, -0.2) is 17.1 Å². The first kappa shape index (κ1) is 33.5.